The number of nitrogens with zero attached hydrogens (tertiary/aromatic N) is 1. The summed E-state index contributed by atoms with van der Waals surface area (Å²) in [6, 6.07) is 6.23. The van der Waals surface area contributed by atoms with Crippen LogP contribution in [0.3, 0.4) is 0 Å². The molecule has 0 aliphatic heterocycles. The molecule has 0 atom stereocenters. The highest BCUT2D eigenvalue weighted by Gasteiger charge is 2.15. The number of fused-ring (bicyclic) bond motifs is 1. The molecule has 5 nitrogen and oxygen atoms in total. The fraction of sp³-hybridized carbons (Fsp3) is 0.583. The van der Waals surface area contributed by atoms with E-state index < -0.39 is 0 Å². The lowest BCUT2D eigenvalue weighted by atomic mass is 10.0. The van der Waals surface area contributed by atoms with Crippen LogP contribution in [-0.2, 0) is 6.54 Å². The molecule has 0 radical (unpaired) electrons. The molecule has 1 heterocycles. The second kappa shape index (κ2) is 11.5. The van der Waals surface area contributed by atoms with Gasteiger partial charge in [0.25, 0.3) is 5.56 Å². The van der Waals surface area contributed by atoms with E-state index in [1.54, 1.807) is 4.90 Å². The van der Waals surface area contributed by atoms with Crippen molar-refractivity contribution < 1.29 is 4.90 Å². The first-order chi connectivity index (χ1) is 14.2. The van der Waals surface area contributed by atoms with E-state index in [-0.39, 0.29) is 5.56 Å². The van der Waals surface area contributed by atoms with Gasteiger partial charge in [0, 0.05) is 36.0 Å². The first-order valence-corrected chi connectivity index (χ1v) is 11.6. The summed E-state index contributed by atoms with van der Waals surface area (Å²) in [5.74, 6) is 0.514. The summed E-state index contributed by atoms with van der Waals surface area (Å²) in [4.78, 5) is 19.6. The van der Waals surface area contributed by atoms with Crippen LogP contribution >= 0.6 is 12.2 Å². The van der Waals surface area contributed by atoms with Crippen molar-refractivity contribution in [3.8, 4) is 0 Å². The number of H-pyrrole nitrogens is 1. The largest absolute Gasteiger partial charge is 0.362 e. The number of aryl methyl sites for hydroxylation is 2. The van der Waals surface area contributed by atoms with Crippen molar-refractivity contribution in [1.82, 2.24) is 15.2 Å². The van der Waals surface area contributed by atoms with Gasteiger partial charge in [0.15, 0.2) is 5.11 Å². The number of rotatable bonds is 10. The molecule has 0 spiro atoms. The molecule has 1 aromatic heterocycles. The fourth-order valence-electron chi connectivity index (χ4n) is 3.82. The molecular formula is C24H39N4OS+. The summed E-state index contributed by atoms with van der Waals surface area (Å²) in [7, 11) is 0. The summed E-state index contributed by atoms with van der Waals surface area (Å²) in [5, 5.41) is 5.22. The molecular weight excluding hydrogens is 392 g/mol. The van der Waals surface area contributed by atoms with E-state index in [0.717, 1.165) is 66.3 Å². The number of benzene rings is 1. The van der Waals surface area contributed by atoms with Gasteiger partial charge >= 0.3 is 0 Å². The maximum atomic E-state index is 12.8. The lowest BCUT2D eigenvalue weighted by Gasteiger charge is -2.27. The molecule has 6 heteroatoms. The molecule has 0 saturated carbocycles. The fourth-order valence-corrected chi connectivity index (χ4v) is 4.06. The van der Waals surface area contributed by atoms with Crippen LogP contribution in [0.15, 0.2) is 23.0 Å². The summed E-state index contributed by atoms with van der Waals surface area (Å²) in [6.07, 6.45) is 1.05. The van der Waals surface area contributed by atoms with Gasteiger partial charge in [-0.2, -0.15) is 0 Å². The molecule has 2 rings (SSSR count). The lowest BCUT2D eigenvalue weighted by Crippen LogP contribution is -3.11. The Morgan fingerprint density at radius 3 is 2.53 bits per heavy atom. The molecule has 0 saturated heterocycles. The number of pyridine rings is 1. The van der Waals surface area contributed by atoms with Crippen molar-refractivity contribution in [1.29, 1.82) is 0 Å². The van der Waals surface area contributed by atoms with Gasteiger partial charge in [0.05, 0.1) is 26.2 Å². The van der Waals surface area contributed by atoms with Crippen molar-refractivity contribution in [2.75, 3.05) is 32.7 Å². The predicted molar refractivity (Wildman–Crippen MR) is 131 cm³/mol. The van der Waals surface area contributed by atoms with Crippen LogP contribution in [0.25, 0.3) is 10.9 Å². The van der Waals surface area contributed by atoms with E-state index in [9.17, 15) is 4.79 Å². The number of quaternary nitrogens is 1. The minimum Gasteiger partial charge on any atom is -0.362 e. The highest BCUT2D eigenvalue weighted by Crippen LogP contribution is 2.19. The van der Waals surface area contributed by atoms with Crippen molar-refractivity contribution in [2.24, 2.45) is 5.92 Å². The van der Waals surface area contributed by atoms with Crippen LogP contribution in [0.4, 0.5) is 0 Å². The number of aromatic nitrogens is 1. The van der Waals surface area contributed by atoms with E-state index in [4.69, 9.17) is 12.2 Å². The zero-order chi connectivity index (χ0) is 22.3. The van der Waals surface area contributed by atoms with Crippen molar-refractivity contribution in [2.45, 2.75) is 54.5 Å². The number of hydrogen-bond donors (Lipinski definition) is 3. The average molecular weight is 432 g/mol. The number of nitrogens with one attached hydrogen (secondary N) is 3. The van der Waals surface area contributed by atoms with Crippen LogP contribution in [0.5, 0.6) is 0 Å². The van der Waals surface area contributed by atoms with Crippen LogP contribution in [0.2, 0.25) is 0 Å². The van der Waals surface area contributed by atoms with Gasteiger partial charge in [-0.25, -0.2) is 0 Å². The maximum Gasteiger partial charge on any atom is 0.253 e. The van der Waals surface area contributed by atoms with Gasteiger partial charge in [-0.3, -0.25) is 4.79 Å². The molecule has 0 bridgehead atoms. The van der Waals surface area contributed by atoms with E-state index in [0.29, 0.717) is 12.5 Å². The Morgan fingerprint density at radius 1 is 1.20 bits per heavy atom. The monoisotopic (exact) mass is 431 g/mol. The minimum atomic E-state index is -0.0291. The topological polar surface area (TPSA) is 52.6 Å². The molecule has 0 fully saturated rings. The third kappa shape index (κ3) is 6.81. The Kier molecular flexibility index (Phi) is 9.31. The Bertz CT molecular complexity index is 902. The van der Waals surface area contributed by atoms with Gasteiger partial charge < -0.3 is 20.1 Å². The van der Waals surface area contributed by atoms with Gasteiger partial charge in [0.2, 0.25) is 0 Å². The highest BCUT2D eigenvalue weighted by molar-refractivity contribution is 7.80. The molecule has 0 aliphatic rings. The number of thiocarbonyl (C=S) groups is 1. The van der Waals surface area contributed by atoms with Gasteiger partial charge in [-0.05, 0) is 69.1 Å². The smallest absolute Gasteiger partial charge is 0.253 e. The molecule has 0 unspecified atom stereocenters. The number of aromatic amines is 1. The normalized spacial score (nSPS) is 11.5. The molecule has 166 valence electrons. The van der Waals surface area contributed by atoms with E-state index in [1.807, 2.05) is 12.1 Å². The molecule has 0 aliphatic carbocycles. The minimum absolute atomic E-state index is 0.0291. The second-order valence-corrected chi connectivity index (χ2v) is 9.12. The van der Waals surface area contributed by atoms with E-state index >= 15 is 0 Å². The Balaban J connectivity index is 2.24. The quantitative estimate of drug-likeness (QED) is 0.507. The second-order valence-electron chi connectivity index (χ2n) is 8.73. The van der Waals surface area contributed by atoms with E-state index in [1.165, 1.54) is 5.56 Å². The molecule has 0 amide bonds. The van der Waals surface area contributed by atoms with Gasteiger partial charge in [-0.15, -0.1) is 0 Å². The zero-order valence-corrected chi connectivity index (χ0v) is 20.3. The van der Waals surface area contributed by atoms with E-state index in [2.05, 4.69) is 62.8 Å². The summed E-state index contributed by atoms with van der Waals surface area (Å²) in [6.45, 7) is 18.5. The van der Waals surface area contributed by atoms with Crippen LogP contribution < -0.4 is 15.8 Å². The van der Waals surface area contributed by atoms with Gasteiger partial charge in [0.1, 0.15) is 0 Å². The lowest BCUT2D eigenvalue weighted by molar-refractivity contribution is -0.896. The molecule has 30 heavy (non-hydrogen) atoms. The van der Waals surface area contributed by atoms with Crippen LogP contribution in [0, 0.1) is 19.8 Å². The predicted octanol–water partition coefficient (Wildman–Crippen LogP) is 2.79. The summed E-state index contributed by atoms with van der Waals surface area (Å²) in [5.41, 5.74) is 3.97. The van der Waals surface area contributed by atoms with Crippen LogP contribution in [-0.4, -0.2) is 47.7 Å². The molecule has 1 aromatic carbocycles. The Labute approximate surface area is 186 Å². The Morgan fingerprint density at radius 2 is 1.90 bits per heavy atom. The zero-order valence-electron chi connectivity index (χ0n) is 19.5. The third-order valence-corrected chi connectivity index (χ3v) is 6.06. The average Bonchev–Trinajstić information content (AvgIpc) is 2.69. The third-order valence-electron chi connectivity index (χ3n) is 5.66. The van der Waals surface area contributed by atoms with Crippen molar-refractivity contribution >= 4 is 28.2 Å². The van der Waals surface area contributed by atoms with Gasteiger partial charge in [-0.1, -0.05) is 19.9 Å². The highest BCUT2D eigenvalue weighted by atomic mass is 32.1. The van der Waals surface area contributed by atoms with Crippen LogP contribution in [0.1, 0.15) is 50.8 Å². The molecule has 3 N–H and O–H groups in total. The van der Waals surface area contributed by atoms with Crippen molar-refractivity contribution in [3.05, 3.63) is 45.2 Å². The van der Waals surface area contributed by atoms with Crippen molar-refractivity contribution in [3.63, 3.8) is 0 Å². The summed E-state index contributed by atoms with van der Waals surface area (Å²) < 4.78 is 0. The maximum absolute atomic E-state index is 12.8. The number of hydrogen-bond acceptors (Lipinski definition) is 2. The summed E-state index contributed by atoms with van der Waals surface area (Å²) >= 11 is 5.71. The SMILES string of the molecule is CC[NH+](CC)CCCN(Cc1cc2c(C)cc(C)cc2[nH]c1=O)C(=S)NCC(C)C. The first kappa shape index (κ1) is 24.4. The standard InChI is InChI=1S/C24H38N4OS/c1-7-27(8-2)10-9-11-28(24(30)25-15-17(3)4)16-20-14-21-19(6)12-18(5)13-22(21)26-23(20)29/h12-14,17H,7-11,15-16H2,1-6H3,(H,25,30)(H,26,29)/p+1. The Hall–Kier alpha value is -1.92. The first-order valence-electron chi connectivity index (χ1n) is 11.2. The molecule has 2 aromatic rings.